The summed E-state index contributed by atoms with van der Waals surface area (Å²) >= 11 is 6.11. The lowest BCUT2D eigenvalue weighted by Gasteiger charge is -2.17. The molecule has 0 spiro atoms. The summed E-state index contributed by atoms with van der Waals surface area (Å²) < 4.78 is 1.17. The molecule has 1 aliphatic rings. The second kappa shape index (κ2) is 8.93. The van der Waals surface area contributed by atoms with Crippen LogP contribution in [0, 0.1) is 18.3 Å². The summed E-state index contributed by atoms with van der Waals surface area (Å²) in [4.78, 5) is 30.4. The third-order valence-corrected chi connectivity index (χ3v) is 5.33. The summed E-state index contributed by atoms with van der Waals surface area (Å²) in [7, 11) is 0. The van der Waals surface area contributed by atoms with Crippen LogP contribution in [0.3, 0.4) is 0 Å². The Hall–Kier alpha value is -3.11. The average molecular weight is 413 g/mol. The molecule has 29 heavy (non-hydrogen) atoms. The molecule has 0 unspecified atom stereocenters. The Morgan fingerprint density at radius 3 is 2.72 bits per heavy atom. The Morgan fingerprint density at radius 2 is 2.07 bits per heavy atom. The largest absolute Gasteiger partial charge is 0.494 e. The molecule has 1 N–H and O–H groups in total. The molecule has 3 rings (SSSR count). The van der Waals surface area contributed by atoms with Gasteiger partial charge in [-0.05, 0) is 37.5 Å². The zero-order valence-electron chi connectivity index (χ0n) is 16.1. The number of likely N-dealkylation sites (tertiary alicyclic amines) is 1. The van der Waals surface area contributed by atoms with Gasteiger partial charge in [0.15, 0.2) is 0 Å². The van der Waals surface area contributed by atoms with Crippen molar-refractivity contribution in [2.24, 2.45) is 4.99 Å². The van der Waals surface area contributed by atoms with Crippen LogP contribution >= 0.6 is 11.6 Å². The predicted molar refractivity (Wildman–Crippen MR) is 111 cm³/mol. The van der Waals surface area contributed by atoms with Crippen LogP contribution in [0.4, 0.5) is 5.69 Å². The maximum Gasteiger partial charge on any atom is 0.271 e. The minimum Gasteiger partial charge on any atom is -0.494 e. The van der Waals surface area contributed by atoms with E-state index in [0.29, 0.717) is 47.8 Å². The van der Waals surface area contributed by atoms with E-state index in [1.54, 1.807) is 36.1 Å². The van der Waals surface area contributed by atoms with Gasteiger partial charge in [-0.3, -0.25) is 19.1 Å². The van der Waals surface area contributed by atoms with Crippen molar-refractivity contribution in [3.63, 3.8) is 0 Å². The van der Waals surface area contributed by atoms with Crippen molar-refractivity contribution >= 4 is 29.4 Å². The molecule has 1 fully saturated rings. The van der Waals surface area contributed by atoms with Gasteiger partial charge in [-0.1, -0.05) is 23.7 Å². The number of nitrogens with zero attached hydrogens (tertiary/aromatic N) is 4. The normalized spacial score (nSPS) is 14.0. The van der Waals surface area contributed by atoms with E-state index >= 15 is 0 Å². The maximum absolute atomic E-state index is 12.6. The number of aliphatic imine (C=N–C) groups is 1. The Bertz CT molecular complexity index is 1070. The molecule has 1 amide bonds. The fourth-order valence-corrected chi connectivity index (χ4v) is 3.57. The molecule has 8 heteroatoms. The number of hydrogen-bond donors (Lipinski definition) is 1. The standard InChI is InChI=1S/C21H21ClN4O3/c1-14-15(12-23)20(28)26(11-5-10-25-9-4-8-19(25)27)21(29)16(14)13-24-18-7-3-2-6-17(18)22/h2-3,6-7,13,29H,4-5,8-11H2,1H3. The highest BCUT2D eigenvalue weighted by Gasteiger charge is 2.21. The summed E-state index contributed by atoms with van der Waals surface area (Å²) in [6.07, 6.45) is 3.30. The van der Waals surface area contributed by atoms with Gasteiger partial charge in [0, 0.05) is 32.3 Å². The highest BCUT2D eigenvalue weighted by atomic mass is 35.5. The summed E-state index contributed by atoms with van der Waals surface area (Å²) in [6, 6.07) is 8.91. The highest BCUT2D eigenvalue weighted by molar-refractivity contribution is 6.33. The second-order valence-electron chi connectivity index (χ2n) is 6.85. The van der Waals surface area contributed by atoms with Gasteiger partial charge in [0.05, 0.1) is 16.3 Å². The van der Waals surface area contributed by atoms with Crippen LogP contribution in [0.5, 0.6) is 5.88 Å². The third-order valence-electron chi connectivity index (χ3n) is 5.01. The number of rotatable bonds is 6. The van der Waals surface area contributed by atoms with Gasteiger partial charge >= 0.3 is 0 Å². The lowest BCUT2D eigenvalue weighted by molar-refractivity contribution is -0.127. The van der Waals surface area contributed by atoms with Gasteiger partial charge < -0.3 is 10.0 Å². The molecule has 0 saturated carbocycles. The molecule has 1 aromatic heterocycles. The van der Waals surface area contributed by atoms with Crippen molar-refractivity contribution in [2.45, 2.75) is 32.7 Å². The summed E-state index contributed by atoms with van der Waals surface area (Å²) in [6.45, 7) is 3.01. The van der Waals surface area contributed by atoms with Crippen molar-refractivity contribution in [1.82, 2.24) is 9.47 Å². The van der Waals surface area contributed by atoms with E-state index in [1.807, 2.05) is 6.07 Å². The fourth-order valence-electron chi connectivity index (χ4n) is 3.38. The molecule has 1 saturated heterocycles. The van der Waals surface area contributed by atoms with Crippen LogP contribution in [0.25, 0.3) is 0 Å². The van der Waals surface area contributed by atoms with Gasteiger partial charge in [0.25, 0.3) is 5.56 Å². The van der Waals surface area contributed by atoms with Gasteiger partial charge in [-0.25, -0.2) is 0 Å². The Balaban J connectivity index is 1.91. The van der Waals surface area contributed by atoms with Crippen LogP contribution in [0.2, 0.25) is 5.02 Å². The zero-order valence-corrected chi connectivity index (χ0v) is 16.8. The van der Waals surface area contributed by atoms with Crippen molar-refractivity contribution in [3.05, 3.63) is 56.3 Å². The van der Waals surface area contributed by atoms with Gasteiger partial charge in [0.1, 0.15) is 11.6 Å². The number of aromatic nitrogens is 1. The summed E-state index contributed by atoms with van der Waals surface area (Å²) in [5.74, 6) is -0.147. The van der Waals surface area contributed by atoms with Crippen molar-refractivity contribution < 1.29 is 9.90 Å². The predicted octanol–water partition coefficient (Wildman–Crippen LogP) is 3.15. The van der Waals surface area contributed by atoms with Crippen LogP contribution in [-0.2, 0) is 11.3 Å². The van der Waals surface area contributed by atoms with Gasteiger partial charge in [-0.15, -0.1) is 0 Å². The number of aromatic hydroxyl groups is 1. The number of carbonyl (C=O) groups excluding carboxylic acids is 1. The molecule has 2 aromatic rings. The number of halogens is 1. The number of nitriles is 1. The zero-order chi connectivity index (χ0) is 21.0. The lowest BCUT2D eigenvalue weighted by Crippen LogP contribution is -2.29. The van der Waals surface area contributed by atoms with E-state index in [-0.39, 0.29) is 23.9 Å². The molecular weight excluding hydrogens is 392 g/mol. The van der Waals surface area contributed by atoms with E-state index in [9.17, 15) is 20.0 Å². The van der Waals surface area contributed by atoms with Crippen LogP contribution in [0.15, 0.2) is 34.1 Å². The second-order valence-corrected chi connectivity index (χ2v) is 7.26. The van der Waals surface area contributed by atoms with Crippen molar-refractivity contribution in [2.75, 3.05) is 13.1 Å². The van der Waals surface area contributed by atoms with Crippen LogP contribution in [-0.4, -0.2) is 39.8 Å². The molecule has 7 nitrogen and oxygen atoms in total. The lowest BCUT2D eigenvalue weighted by atomic mass is 10.1. The number of amides is 1. The number of para-hydroxylation sites is 1. The molecule has 0 atom stereocenters. The van der Waals surface area contributed by atoms with Crippen LogP contribution < -0.4 is 5.56 Å². The Labute approximate surface area is 173 Å². The first-order valence-corrected chi connectivity index (χ1v) is 9.74. The number of pyridine rings is 1. The topological polar surface area (TPSA) is 98.7 Å². The summed E-state index contributed by atoms with van der Waals surface area (Å²) in [5.41, 5.74) is 0.567. The number of hydrogen-bond acceptors (Lipinski definition) is 5. The van der Waals surface area contributed by atoms with E-state index in [4.69, 9.17) is 11.6 Å². The van der Waals surface area contributed by atoms with Crippen molar-refractivity contribution in [1.29, 1.82) is 5.26 Å². The Morgan fingerprint density at radius 1 is 1.31 bits per heavy atom. The van der Waals surface area contributed by atoms with E-state index < -0.39 is 5.56 Å². The fraction of sp³-hybridized carbons (Fsp3) is 0.333. The van der Waals surface area contributed by atoms with Crippen LogP contribution in [0.1, 0.15) is 36.0 Å². The molecule has 150 valence electrons. The maximum atomic E-state index is 12.6. The molecular formula is C21H21ClN4O3. The van der Waals surface area contributed by atoms with Gasteiger partial charge in [0.2, 0.25) is 11.8 Å². The number of benzene rings is 1. The first kappa shape index (κ1) is 20.6. The molecule has 2 heterocycles. The average Bonchev–Trinajstić information content (AvgIpc) is 3.11. The molecule has 0 bridgehead atoms. The minimum absolute atomic E-state index is 0.0411. The molecule has 0 aliphatic carbocycles. The minimum atomic E-state index is -0.551. The first-order chi connectivity index (χ1) is 13.9. The van der Waals surface area contributed by atoms with E-state index in [2.05, 4.69) is 4.99 Å². The summed E-state index contributed by atoms with van der Waals surface area (Å²) in [5, 5.41) is 20.6. The molecule has 0 radical (unpaired) electrons. The molecule has 1 aliphatic heterocycles. The SMILES string of the molecule is Cc1c(C=Nc2ccccc2Cl)c(O)n(CCCN2CCCC2=O)c(=O)c1C#N. The third kappa shape index (κ3) is 4.33. The smallest absolute Gasteiger partial charge is 0.271 e. The number of carbonyl (C=O) groups is 1. The van der Waals surface area contributed by atoms with E-state index in [1.165, 1.54) is 10.8 Å². The quantitative estimate of drug-likeness (QED) is 0.736. The van der Waals surface area contributed by atoms with Gasteiger partial charge in [-0.2, -0.15) is 5.26 Å². The highest BCUT2D eigenvalue weighted by Crippen LogP contribution is 2.26. The monoisotopic (exact) mass is 412 g/mol. The van der Waals surface area contributed by atoms with E-state index in [0.717, 1.165) is 6.42 Å². The first-order valence-electron chi connectivity index (χ1n) is 9.37. The van der Waals surface area contributed by atoms with Crippen molar-refractivity contribution in [3.8, 4) is 11.9 Å². The molecule has 1 aromatic carbocycles. The Kier molecular flexibility index (Phi) is 6.35.